The maximum absolute atomic E-state index is 12.6. The molecule has 1 aliphatic rings. The lowest BCUT2D eigenvalue weighted by Crippen LogP contribution is -2.27. The first-order valence-electron chi connectivity index (χ1n) is 10.1. The number of hydrogen-bond acceptors (Lipinski definition) is 9. The number of carbonyl (C=O) groups is 1. The van der Waals surface area contributed by atoms with Gasteiger partial charge in [0, 0.05) is 18.8 Å². The molecule has 9 nitrogen and oxygen atoms in total. The number of rotatable bonds is 7. The predicted molar refractivity (Wildman–Crippen MR) is 123 cm³/mol. The third-order valence-electron chi connectivity index (χ3n) is 4.98. The van der Waals surface area contributed by atoms with Gasteiger partial charge in [-0.05, 0) is 57.9 Å². The second-order valence-corrected chi connectivity index (χ2v) is 11.8. The molecule has 3 heterocycles. The third-order valence-corrected chi connectivity index (χ3v) is 8.88. The first kappa shape index (κ1) is 22.9. The van der Waals surface area contributed by atoms with Crippen molar-refractivity contribution in [2.24, 2.45) is 0 Å². The first-order chi connectivity index (χ1) is 15.2. The number of aromatic nitrogens is 3. The van der Waals surface area contributed by atoms with Crippen LogP contribution < -0.4 is 5.32 Å². The number of sulfonamides is 1. The van der Waals surface area contributed by atoms with Crippen LogP contribution in [0.5, 0.6) is 0 Å². The molecule has 0 aliphatic carbocycles. The third kappa shape index (κ3) is 4.87. The van der Waals surface area contributed by atoms with Crippen LogP contribution >= 0.6 is 23.1 Å². The van der Waals surface area contributed by atoms with E-state index in [2.05, 4.69) is 20.5 Å². The second-order valence-electron chi connectivity index (χ2n) is 7.41. The molecule has 1 aliphatic heterocycles. The Labute approximate surface area is 194 Å². The van der Waals surface area contributed by atoms with E-state index in [1.165, 1.54) is 27.8 Å². The smallest absolute Gasteiger partial charge is 0.277 e. The quantitative estimate of drug-likeness (QED) is 0.495. The minimum absolute atomic E-state index is 0.229. The zero-order chi connectivity index (χ0) is 22.9. The molecule has 32 heavy (non-hydrogen) atoms. The summed E-state index contributed by atoms with van der Waals surface area (Å²) < 4.78 is 32.4. The number of benzene rings is 1. The van der Waals surface area contributed by atoms with Gasteiger partial charge in [-0.25, -0.2) is 13.4 Å². The molecule has 1 unspecified atom stereocenters. The van der Waals surface area contributed by atoms with E-state index in [4.69, 9.17) is 4.42 Å². The fourth-order valence-corrected chi connectivity index (χ4v) is 6.36. The van der Waals surface area contributed by atoms with Crippen LogP contribution in [0.4, 0.5) is 5.69 Å². The fraction of sp³-hybridized carbons (Fsp3) is 0.400. The Morgan fingerprint density at radius 1 is 1.19 bits per heavy atom. The van der Waals surface area contributed by atoms with E-state index in [0.717, 1.165) is 40.2 Å². The van der Waals surface area contributed by atoms with Crippen molar-refractivity contribution in [3.05, 3.63) is 35.0 Å². The number of aryl methyl sites for hydroxylation is 2. The van der Waals surface area contributed by atoms with E-state index >= 15 is 0 Å². The van der Waals surface area contributed by atoms with Crippen molar-refractivity contribution in [3.8, 4) is 10.8 Å². The van der Waals surface area contributed by atoms with Crippen molar-refractivity contribution in [1.82, 2.24) is 19.5 Å². The Morgan fingerprint density at radius 2 is 1.88 bits per heavy atom. The molecule has 2 aromatic heterocycles. The molecule has 1 amide bonds. The van der Waals surface area contributed by atoms with E-state index in [-0.39, 0.29) is 10.8 Å². The molecule has 0 spiro atoms. The van der Waals surface area contributed by atoms with Gasteiger partial charge in [0.25, 0.3) is 11.1 Å². The highest BCUT2D eigenvalue weighted by molar-refractivity contribution is 8.00. The molecule has 1 fully saturated rings. The van der Waals surface area contributed by atoms with Gasteiger partial charge < -0.3 is 9.73 Å². The topological polar surface area (TPSA) is 118 Å². The summed E-state index contributed by atoms with van der Waals surface area (Å²) in [6.07, 6.45) is 1.77. The van der Waals surface area contributed by atoms with Gasteiger partial charge in [-0.15, -0.1) is 21.5 Å². The van der Waals surface area contributed by atoms with Crippen molar-refractivity contribution >= 4 is 44.7 Å². The molecule has 0 radical (unpaired) electrons. The normalized spacial score (nSPS) is 15.7. The zero-order valence-electron chi connectivity index (χ0n) is 17.9. The minimum atomic E-state index is -3.48. The highest BCUT2D eigenvalue weighted by Crippen LogP contribution is 2.32. The maximum atomic E-state index is 12.6. The fourth-order valence-electron chi connectivity index (χ4n) is 3.32. The van der Waals surface area contributed by atoms with E-state index < -0.39 is 15.3 Å². The van der Waals surface area contributed by atoms with Gasteiger partial charge in [-0.1, -0.05) is 11.8 Å². The van der Waals surface area contributed by atoms with E-state index in [0.29, 0.717) is 29.9 Å². The van der Waals surface area contributed by atoms with Gasteiger partial charge in [-0.3, -0.25) is 4.79 Å². The lowest BCUT2D eigenvalue weighted by atomic mass is 10.3. The number of nitrogens with one attached hydrogen (secondary N) is 1. The zero-order valence-corrected chi connectivity index (χ0v) is 20.3. The molecule has 1 saturated heterocycles. The Kier molecular flexibility index (Phi) is 6.65. The molecule has 1 aromatic carbocycles. The van der Waals surface area contributed by atoms with Gasteiger partial charge in [0.15, 0.2) is 0 Å². The van der Waals surface area contributed by atoms with Gasteiger partial charge in [0.1, 0.15) is 4.88 Å². The van der Waals surface area contributed by atoms with Crippen LogP contribution in [0.1, 0.15) is 30.5 Å². The molecule has 12 heteroatoms. The summed E-state index contributed by atoms with van der Waals surface area (Å²) in [7, 11) is -3.48. The van der Waals surface area contributed by atoms with Crippen LogP contribution in [-0.2, 0) is 14.8 Å². The lowest BCUT2D eigenvalue weighted by molar-refractivity contribution is -0.115. The molecule has 3 aromatic rings. The van der Waals surface area contributed by atoms with Gasteiger partial charge >= 0.3 is 0 Å². The second kappa shape index (κ2) is 9.30. The molecule has 170 valence electrons. The number of carbonyl (C=O) groups excluding carboxylic acids is 1. The number of anilines is 1. The van der Waals surface area contributed by atoms with Crippen LogP contribution in [0.25, 0.3) is 10.8 Å². The summed E-state index contributed by atoms with van der Waals surface area (Å²) in [6, 6.07) is 6.23. The van der Waals surface area contributed by atoms with Crippen LogP contribution in [0, 0.1) is 13.8 Å². The van der Waals surface area contributed by atoms with Gasteiger partial charge in [0.05, 0.1) is 20.8 Å². The average molecular weight is 494 g/mol. The van der Waals surface area contributed by atoms with E-state index in [9.17, 15) is 13.2 Å². The number of amides is 1. The predicted octanol–water partition coefficient (Wildman–Crippen LogP) is 3.71. The Bertz CT molecular complexity index is 1210. The summed E-state index contributed by atoms with van der Waals surface area (Å²) in [5, 5.41) is 11.6. The molecule has 4 rings (SSSR count). The van der Waals surface area contributed by atoms with Crippen molar-refractivity contribution < 1.29 is 17.6 Å². The van der Waals surface area contributed by atoms with E-state index in [1.807, 2.05) is 13.8 Å². The lowest BCUT2D eigenvalue weighted by Gasteiger charge is -2.16. The molecular formula is C20H23N5O4S3. The number of nitrogens with zero attached hydrogens (tertiary/aromatic N) is 4. The highest BCUT2D eigenvalue weighted by atomic mass is 32.2. The first-order valence-corrected chi connectivity index (χ1v) is 13.2. The Balaban J connectivity index is 1.37. The monoisotopic (exact) mass is 493 g/mol. The van der Waals surface area contributed by atoms with Crippen molar-refractivity contribution in [2.45, 2.75) is 49.0 Å². The van der Waals surface area contributed by atoms with Gasteiger partial charge in [0.2, 0.25) is 15.9 Å². The average Bonchev–Trinajstić information content (AvgIpc) is 3.50. The maximum Gasteiger partial charge on any atom is 0.277 e. The standard InChI is InChI=1S/C20H23N5O4S3/c1-12-17(31-14(3)21-12)19-23-24-20(29-19)30-13(2)18(26)22-15-6-8-16(9-7-15)32(27,28)25-10-4-5-11-25/h6-9,13H,4-5,10-11H2,1-3H3,(H,22,26). The number of hydrogen-bond donors (Lipinski definition) is 1. The molecular weight excluding hydrogens is 470 g/mol. The van der Waals surface area contributed by atoms with E-state index in [1.54, 1.807) is 19.1 Å². The van der Waals surface area contributed by atoms with Crippen molar-refractivity contribution in [3.63, 3.8) is 0 Å². The van der Waals surface area contributed by atoms with Crippen LogP contribution in [0.2, 0.25) is 0 Å². The molecule has 0 bridgehead atoms. The summed E-state index contributed by atoms with van der Waals surface area (Å²) >= 11 is 2.63. The Hall–Kier alpha value is -2.28. The summed E-state index contributed by atoms with van der Waals surface area (Å²) in [5.74, 6) is 0.132. The number of thiazole rings is 1. The van der Waals surface area contributed by atoms with Crippen LogP contribution in [0.15, 0.2) is 38.8 Å². The van der Waals surface area contributed by atoms with Crippen LogP contribution in [0.3, 0.4) is 0 Å². The molecule has 1 N–H and O–H groups in total. The van der Waals surface area contributed by atoms with Crippen molar-refractivity contribution in [1.29, 1.82) is 0 Å². The number of thioether (sulfide) groups is 1. The largest absolute Gasteiger partial charge is 0.410 e. The van der Waals surface area contributed by atoms with Gasteiger partial charge in [-0.2, -0.15) is 4.31 Å². The highest BCUT2D eigenvalue weighted by Gasteiger charge is 2.27. The summed E-state index contributed by atoms with van der Waals surface area (Å²) in [5.41, 5.74) is 1.35. The summed E-state index contributed by atoms with van der Waals surface area (Å²) in [6.45, 7) is 6.63. The molecule has 1 atom stereocenters. The van der Waals surface area contributed by atoms with Crippen molar-refractivity contribution in [2.75, 3.05) is 18.4 Å². The molecule has 0 saturated carbocycles. The minimum Gasteiger partial charge on any atom is -0.410 e. The summed E-state index contributed by atoms with van der Waals surface area (Å²) in [4.78, 5) is 18.0. The SMILES string of the molecule is Cc1nc(C)c(-c2nnc(SC(C)C(=O)Nc3ccc(S(=O)(=O)N4CCCC4)cc3)o2)s1. The Morgan fingerprint density at radius 3 is 2.50 bits per heavy atom. The van der Waals surface area contributed by atoms with Crippen LogP contribution in [-0.4, -0.2) is 52.2 Å².